The van der Waals surface area contributed by atoms with Crippen molar-refractivity contribution < 1.29 is 18.3 Å². The van der Waals surface area contributed by atoms with Gasteiger partial charge >= 0.3 is 5.97 Å². The Bertz CT molecular complexity index is 1230. The van der Waals surface area contributed by atoms with Crippen LogP contribution in [-0.4, -0.2) is 54.9 Å². The summed E-state index contributed by atoms with van der Waals surface area (Å²) < 4.78 is 28.2. The Morgan fingerprint density at radius 2 is 1.41 bits per heavy atom. The molecule has 1 aliphatic rings. The number of carboxylic acid groups (broad SMARTS) is 1. The van der Waals surface area contributed by atoms with Gasteiger partial charge in [-0.1, -0.05) is 72.8 Å². The molecule has 1 fully saturated rings. The number of aliphatic carboxylic acids is 1. The van der Waals surface area contributed by atoms with Crippen molar-refractivity contribution in [1.82, 2.24) is 9.21 Å². The number of sulfonamides is 1. The summed E-state index contributed by atoms with van der Waals surface area (Å²) in [5.74, 6) is -1.03. The fraction of sp³-hybridized carbons (Fsp3) is 0.222. The third-order valence-electron chi connectivity index (χ3n) is 6.09. The van der Waals surface area contributed by atoms with Crippen molar-refractivity contribution in [3.05, 3.63) is 107 Å². The Morgan fingerprint density at radius 3 is 1.94 bits per heavy atom. The predicted octanol–water partition coefficient (Wildman–Crippen LogP) is 4.27. The first-order chi connectivity index (χ1) is 16.4. The molecule has 34 heavy (non-hydrogen) atoms. The molecule has 0 bridgehead atoms. The number of rotatable bonds is 7. The fourth-order valence-corrected chi connectivity index (χ4v) is 5.79. The fourth-order valence-electron chi connectivity index (χ4n) is 4.31. The molecular weight excluding hydrogens is 448 g/mol. The lowest BCUT2D eigenvalue weighted by Gasteiger charge is -2.39. The van der Waals surface area contributed by atoms with Gasteiger partial charge < -0.3 is 5.11 Å². The Morgan fingerprint density at radius 1 is 0.853 bits per heavy atom. The van der Waals surface area contributed by atoms with E-state index in [4.69, 9.17) is 5.11 Å². The van der Waals surface area contributed by atoms with Crippen LogP contribution < -0.4 is 0 Å². The van der Waals surface area contributed by atoms with Gasteiger partial charge in [0.25, 0.3) is 0 Å². The normalized spacial score (nSPS) is 16.0. The average molecular weight is 477 g/mol. The lowest BCUT2D eigenvalue weighted by Crippen LogP contribution is -2.49. The molecule has 0 amide bonds. The van der Waals surface area contributed by atoms with Crippen molar-refractivity contribution in [2.75, 3.05) is 26.2 Å². The largest absolute Gasteiger partial charge is 0.478 e. The van der Waals surface area contributed by atoms with Gasteiger partial charge in [0.05, 0.1) is 10.9 Å². The lowest BCUT2D eigenvalue weighted by molar-refractivity contribution is -0.132. The first-order valence-electron chi connectivity index (χ1n) is 11.2. The molecule has 0 atom stereocenters. The SMILES string of the molecule is CC(=Cc1cccc(S(=O)(=O)N2CCN(C(c3ccccc3)c3ccccc3)CC2)c1)C(=O)O. The van der Waals surface area contributed by atoms with E-state index in [0.29, 0.717) is 31.7 Å². The molecule has 0 saturated carbocycles. The Labute approximate surface area is 200 Å². The zero-order valence-electron chi connectivity index (χ0n) is 19.0. The van der Waals surface area contributed by atoms with E-state index >= 15 is 0 Å². The maximum absolute atomic E-state index is 13.3. The molecule has 1 heterocycles. The first kappa shape index (κ1) is 23.9. The molecule has 0 spiro atoms. The number of benzene rings is 3. The second-order valence-corrected chi connectivity index (χ2v) is 10.3. The van der Waals surface area contributed by atoms with Gasteiger partial charge in [-0.15, -0.1) is 0 Å². The molecule has 0 aromatic heterocycles. The summed E-state index contributed by atoms with van der Waals surface area (Å²) in [5, 5.41) is 9.11. The van der Waals surface area contributed by atoms with Gasteiger partial charge in [-0.2, -0.15) is 4.31 Å². The molecular formula is C27H28N2O4S. The summed E-state index contributed by atoms with van der Waals surface area (Å²) in [6.45, 7) is 3.45. The van der Waals surface area contributed by atoms with E-state index in [1.807, 2.05) is 36.4 Å². The van der Waals surface area contributed by atoms with Gasteiger partial charge in [0, 0.05) is 31.8 Å². The summed E-state index contributed by atoms with van der Waals surface area (Å²) in [5.41, 5.74) is 3.06. The zero-order chi connectivity index (χ0) is 24.1. The van der Waals surface area contributed by atoms with E-state index in [1.54, 1.807) is 18.2 Å². The van der Waals surface area contributed by atoms with Gasteiger partial charge in [-0.25, -0.2) is 13.2 Å². The maximum atomic E-state index is 13.3. The van der Waals surface area contributed by atoms with Crippen molar-refractivity contribution in [3.8, 4) is 0 Å². The summed E-state index contributed by atoms with van der Waals surface area (Å²) in [4.78, 5) is 13.6. The number of nitrogens with zero attached hydrogens (tertiary/aromatic N) is 2. The third-order valence-corrected chi connectivity index (χ3v) is 7.98. The molecule has 0 unspecified atom stereocenters. The van der Waals surface area contributed by atoms with Crippen LogP contribution in [0.5, 0.6) is 0 Å². The van der Waals surface area contributed by atoms with E-state index < -0.39 is 16.0 Å². The minimum Gasteiger partial charge on any atom is -0.478 e. The second kappa shape index (κ2) is 10.3. The predicted molar refractivity (Wildman–Crippen MR) is 133 cm³/mol. The van der Waals surface area contributed by atoms with Gasteiger partial charge in [0.15, 0.2) is 0 Å². The Hall–Kier alpha value is -3.26. The molecule has 176 valence electrons. The standard InChI is InChI=1S/C27H28N2O4S/c1-21(27(30)31)19-22-9-8-14-25(20-22)34(32,33)29-17-15-28(16-18-29)26(23-10-4-2-5-11-23)24-12-6-3-7-13-24/h2-14,19-20,26H,15-18H2,1H3,(H,30,31). The highest BCUT2D eigenvalue weighted by Gasteiger charge is 2.32. The molecule has 1 N–H and O–H groups in total. The van der Waals surface area contributed by atoms with Gasteiger partial charge in [0.1, 0.15) is 0 Å². The quantitative estimate of drug-likeness (QED) is 0.516. The highest BCUT2D eigenvalue weighted by Crippen LogP contribution is 2.30. The Balaban J connectivity index is 1.54. The van der Waals surface area contributed by atoms with Gasteiger partial charge in [-0.05, 0) is 41.8 Å². The van der Waals surface area contributed by atoms with E-state index in [2.05, 4.69) is 29.2 Å². The summed E-state index contributed by atoms with van der Waals surface area (Å²) in [6.07, 6.45) is 1.48. The molecule has 0 aliphatic carbocycles. The second-order valence-electron chi connectivity index (χ2n) is 8.37. The number of piperazine rings is 1. The monoisotopic (exact) mass is 476 g/mol. The van der Waals surface area contributed by atoms with Crippen LogP contribution in [0.2, 0.25) is 0 Å². The molecule has 1 aliphatic heterocycles. The van der Waals surface area contributed by atoms with Crippen molar-refractivity contribution in [3.63, 3.8) is 0 Å². The zero-order valence-corrected chi connectivity index (χ0v) is 19.9. The Kier molecular flexibility index (Phi) is 7.26. The van der Waals surface area contributed by atoms with Crippen molar-refractivity contribution in [2.24, 2.45) is 0 Å². The summed E-state index contributed by atoms with van der Waals surface area (Å²) >= 11 is 0. The van der Waals surface area contributed by atoms with E-state index in [0.717, 1.165) is 0 Å². The van der Waals surface area contributed by atoms with Crippen LogP contribution in [0.1, 0.15) is 29.7 Å². The number of hydrogen-bond donors (Lipinski definition) is 1. The van der Waals surface area contributed by atoms with Gasteiger partial charge in [-0.3, -0.25) is 4.90 Å². The van der Waals surface area contributed by atoms with Crippen molar-refractivity contribution >= 4 is 22.1 Å². The lowest BCUT2D eigenvalue weighted by atomic mass is 9.96. The summed E-state index contributed by atoms with van der Waals surface area (Å²) in [6, 6.07) is 27.0. The first-order valence-corrected chi connectivity index (χ1v) is 12.7. The number of carbonyl (C=O) groups is 1. The van der Waals surface area contributed by atoms with Crippen LogP contribution in [0, 0.1) is 0 Å². The molecule has 1 saturated heterocycles. The minimum atomic E-state index is -3.69. The third kappa shape index (κ3) is 5.28. The van der Waals surface area contributed by atoms with E-state index in [-0.39, 0.29) is 16.5 Å². The van der Waals surface area contributed by atoms with Gasteiger partial charge in [0.2, 0.25) is 10.0 Å². The van der Waals surface area contributed by atoms with Crippen LogP contribution in [0.25, 0.3) is 6.08 Å². The van der Waals surface area contributed by atoms with E-state index in [9.17, 15) is 13.2 Å². The molecule has 7 heteroatoms. The molecule has 3 aromatic rings. The van der Waals surface area contributed by atoms with Crippen LogP contribution >= 0.6 is 0 Å². The van der Waals surface area contributed by atoms with Crippen molar-refractivity contribution in [2.45, 2.75) is 17.9 Å². The minimum absolute atomic E-state index is 0.0553. The number of hydrogen-bond acceptors (Lipinski definition) is 4. The highest BCUT2D eigenvalue weighted by atomic mass is 32.2. The maximum Gasteiger partial charge on any atom is 0.331 e. The molecule has 6 nitrogen and oxygen atoms in total. The average Bonchev–Trinajstić information content (AvgIpc) is 2.86. The van der Waals surface area contributed by atoms with Crippen LogP contribution in [0.3, 0.4) is 0 Å². The highest BCUT2D eigenvalue weighted by molar-refractivity contribution is 7.89. The topological polar surface area (TPSA) is 77.9 Å². The van der Waals surface area contributed by atoms with Crippen LogP contribution in [0.4, 0.5) is 0 Å². The van der Waals surface area contributed by atoms with E-state index in [1.165, 1.54) is 34.5 Å². The molecule has 4 rings (SSSR count). The van der Waals surface area contributed by atoms with Crippen molar-refractivity contribution in [1.29, 1.82) is 0 Å². The molecule has 3 aromatic carbocycles. The smallest absolute Gasteiger partial charge is 0.331 e. The van der Waals surface area contributed by atoms with Crippen LogP contribution in [-0.2, 0) is 14.8 Å². The molecule has 0 radical (unpaired) electrons. The number of carboxylic acids is 1. The summed E-state index contributed by atoms with van der Waals surface area (Å²) in [7, 11) is -3.69. The van der Waals surface area contributed by atoms with Crippen LogP contribution in [0.15, 0.2) is 95.4 Å².